The molecular formula is C9H18O3. The number of rotatable bonds is 5. The van der Waals surface area contributed by atoms with Gasteiger partial charge in [0.05, 0.1) is 11.5 Å². The summed E-state index contributed by atoms with van der Waals surface area (Å²) < 4.78 is 0. The second-order valence-corrected chi connectivity index (χ2v) is 3.79. The van der Waals surface area contributed by atoms with Crippen LogP contribution in [0.3, 0.4) is 0 Å². The van der Waals surface area contributed by atoms with E-state index < -0.39 is 11.6 Å². The van der Waals surface area contributed by atoms with Gasteiger partial charge in [0.15, 0.2) is 0 Å². The van der Waals surface area contributed by atoms with E-state index in [2.05, 4.69) is 0 Å². The molecule has 0 aromatic heterocycles. The topological polar surface area (TPSA) is 57.5 Å². The smallest absolute Gasteiger partial charge is 0.306 e. The van der Waals surface area contributed by atoms with E-state index >= 15 is 0 Å². The molecule has 0 aliphatic heterocycles. The SMILES string of the molecule is CCC(CCC(C)(C)O)C(=O)O. The predicted octanol–water partition coefficient (Wildman–Crippen LogP) is 1.65. The maximum Gasteiger partial charge on any atom is 0.306 e. The lowest BCUT2D eigenvalue weighted by molar-refractivity contribution is -0.142. The molecule has 0 heterocycles. The van der Waals surface area contributed by atoms with Crippen LogP contribution in [0.25, 0.3) is 0 Å². The van der Waals surface area contributed by atoms with E-state index in [1.54, 1.807) is 13.8 Å². The fourth-order valence-corrected chi connectivity index (χ4v) is 1.03. The van der Waals surface area contributed by atoms with E-state index in [0.717, 1.165) is 0 Å². The summed E-state index contributed by atoms with van der Waals surface area (Å²) in [6.45, 7) is 5.24. The van der Waals surface area contributed by atoms with Crippen LogP contribution in [-0.2, 0) is 4.79 Å². The molecule has 0 aromatic rings. The van der Waals surface area contributed by atoms with Crippen LogP contribution in [0, 0.1) is 5.92 Å². The summed E-state index contributed by atoms with van der Waals surface area (Å²) in [7, 11) is 0. The van der Waals surface area contributed by atoms with Gasteiger partial charge in [-0.3, -0.25) is 4.79 Å². The minimum Gasteiger partial charge on any atom is -0.481 e. The number of aliphatic carboxylic acids is 1. The Morgan fingerprint density at radius 1 is 1.50 bits per heavy atom. The number of carboxylic acid groups (broad SMARTS) is 1. The highest BCUT2D eigenvalue weighted by molar-refractivity contribution is 5.69. The maximum absolute atomic E-state index is 10.6. The quantitative estimate of drug-likeness (QED) is 0.666. The lowest BCUT2D eigenvalue weighted by Crippen LogP contribution is -2.22. The van der Waals surface area contributed by atoms with Gasteiger partial charge in [0.2, 0.25) is 0 Å². The number of carboxylic acids is 1. The van der Waals surface area contributed by atoms with Crippen LogP contribution in [0.15, 0.2) is 0 Å². The Hall–Kier alpha value is -0.570. The summed E-state index contributed by atoms with van der Waals surface area (Å²) in [5.74, 6) is -1.07. The number of aliphatic hydroxyl groups is 1. The molecule has 1 atom stereocenters. The van der Waals surface area contributed by atoms with E-state index in [1.807, 2.05) is 6.92 Å². The van der Waals surface area contributed by atoms with Crippen molar-refractivity contribution in [3.8, 4) is 0 Å². The Morgan fingerprint density at radius 3 is 2.25 bits per heavy atom. The molecule has 72 valence electrons. The second-order valence-electron chi connectivity index (χ2n) is 3.79. The van der Waals surface area contributed by atoms with Crippen molar-refractivity contribution in [2.24, 2.45) is 5.92 Å². The Morgan fingerprint density at radius 2 is 2.00 bits per heavy atom. The summed E-state index contributed by atoms with van der Waals surface area (Å²) in [5.41, 5.74) is -0.747. The molecule has 0 spiro atoms. The van der Waals surface area contributed by atoms with E-state index in [1.165, 1.54) is 0 Å². The molecule has 0 aromatic carbocycles. The second kappa shape index (κ2) is 4.45. The molecule has 0 amide bonds. The van der Waals surface area contributed by atoms with Crippen molar-refractivity contribution in [1.82, 2.24) is 0 Å². The Balaban J connectivity index is 3.81. The fraction of sp³-hybridized carbons (Fsp3) is 0.889. The molecule has 3 heteroatoms. The summed E-state index contributed by atoms with van der Waals surface area (Å²) >= 11 is 0. The third-order valence-corrected chi connectivity index (χ3v) is 1.95. The third-order valence-electron chi connectivity index (χ3n) is 1.95. The minimum atomic E-state index is -0.762. The van der Waals surface area contributed by atoms with Crippen LogP contribution >= 0.6 is 0 Å². The van der Waals surface area contributed by atoms with Gasteiger partial charge in [0.25, 0.3) is 0 Å². The number of carbonyl (C=O) groups is 1. The van der Waals surface area contributed by atoms with Gasteiger partial charge < -0.3 is 10.2 Å². The Labute approximate surface area is 73.4 Å². The lowest BCUT2D eigenvalue weighted by Gasteiger charge is -2.18. The first-order valence-corrected chi connectivity index (χ1v) is 4.32. The molecule has 0 saturated heterocycles. The predicted molar refractivity (Wildman–Crippen MR) is 46.9 cm³/mol. The van der Waals surface area contributed by atoms with Crippen molar-refractivity contribution in [2.45, 2.75) is 45.6 Å². The fourth-order valence-electron chi connectivity index (χ4n) is 1.03. The van der Waals surface area contributed by atoms with Gasteiger partial charge >= 0.3 is 5.97 Å². The Bertz CT molecular complexity index is 146. The van der Waals surface area contributed by atoms with Crippen molar-refractivity contribution in [3.05, 3.63) is 0 Å². The van der Waals surface area contributed by atoms with Crippen LogP contribution in [0.2, 0.25) is 0 Å². The van der Waals surface area contributed by atoms with Gasteiger partial charge in [-0.15, -0.1) is 0 Å². The first-order chi connectivity index (χ1) is 5.37. The molecule has 0 aliphatic rings. The zero-order valence-corrected chi connectivity index (χ0v) is 8.00. The molecule has 0 aliphatic carbocycles. The average Bonchev–Trinajstić information content (AvgIpc) is 1.85. The van der Waals surface area contributed by atoms with Crippen molar-refractivity contribution >= 4 is 5.97 Å². The van der Waals surface area contributed by atoms with Gasteiger partial charge in [-0.2, -0.15) is 0 Å². The molecule has 0 bridgehead atoms. The van der Waals surface area contributed by atoms with Gasteiger partial charge in [-0.25, -0.2) is 0 Å². The van der Waals surface area contributed by atoms with Crippen molar-refractivity contribution in [3.63, 3.8) is 0 Å². The summed E-state index contributed by atoms with van der Waals surface area (Å²) in [6, 6.07) is 0. The molecule has 0 rings (SSSR count). The molecular weight excluding hydrogens is 156 g/mol. The van der Waals surface area contributed by atoms with E-state index in [4.69, 9.17) is 5.11 Å². The minimum absolute atomic E-state index is 0.309. The number of hydrogen-bond donors (Lipinski definition) is 2. The monoisotopic (exact) mass is 174 g/mol. The molecule has 12 heavy (non-hydrogen) atoms. The van der Waals surface area contributed by atoms with Gasteiger partial charge in [-0.05, 0) is 33.1 Å². The normalized spacial score (nSPS) is 14.3. The van der Waals surface area contributed by atoms with Crippen LogP contribution in [0.5, 0.6) is 0 Å². The molecule has 3 nitrogen and oxygen atoms in total. The molecule has 2 N–H and O–H groups in total. The standard InChI is InChI=1S/C9H18O3/c1-4-7(8(10)11)5-6-9(2,3)12/h7,12H,4-6H2,1-3H3,(H,10,11). The third kappa shape index (κ3) is 5.13. The summed E-state index contributed by atoms with van der Waals surface area (Å²) in [6.07, 6.45) is 1.72. The van der Waals surface area contributed by atoms with Crippen molar-refractivity contribution < 1.29 is 15.0 Å². The highest BCUT2D eigenvalue weighted by atomic mass is 16.4. The lowest BCUT2D eigenvalue weighted by atomic mass is 9.93. The van der Waals surface area contributed by atoms with Crippen LogP contribution in [-0.4, -0.2) is 21.8 Å². The summed E-state index contributed by atoms with van der Waals surface area (Å²) in [4.78, 5) is 10.6. The molecule has 0 radical (unpaired) electrons. The van der Waals surface area contributed by atoms with E-state index in [9.17, 15) is 9.90 Å². The van der Waals surface area contributed by atoms with Crippen LogP contribution in [0.4, 0.5) is 0 Å². The zero-order valence-electron chi connectivity index (χ0n) is 8.00. The summed E-state index contributed by atoms with van der Waals surface area (Å²) in [5, 5.41) is 18.0. The first-order valence-electron chi connectivity index (χ1n) is 4.32. The molecule has 1 unspecified atom stereocenters. The largest absolute Gasteiger partial charge is 0.481 e. The average molecular weight is 174 g/mol. The van der Waals surface area contributed by atoms with Crippen LogP contribution in [0.1, 0.15) is 40.0 Å². The van der Waals surface area contributed by atoms with Gasteiger partial charge in [0, 0.05) is 0 Å². The molecule has 0 saturated carbocycles. The highest BCUT2D eigenvalue weighted by Crippen LogP contribution is 2.18. The van der Waals surface area contributed by atoms with Crippen molar-refractivity contribution in [2.75, 3.05) is 0 Å². The molecule has 0 fully saturated rings. The zero-order chi connectivity index (χ0) is 9.78. The van der Waals surface area contributed by atoms with Crippen LogP contribution < -0.4 is 0 Å². The van der Waals surface area contributed by atoms with Gasteiger partial charge in [-0.1, -0.05) is 6.92 Å². The maximum atomic E-state index is 10.6. The number of hydrogen-bond acceptors (Lipinski definition) is 2. The first kappa shape index (κ1) is 11.4. The highest BCUT2D eigenvalue weighted by Gasteiger charge is 2.19. The van der Waals surface area contributed by atoms with Gasteiger partial charge in [0.1, 0.15) is 0 Å². The van der Waals surface area contributed by atoms with Crippen molar-refractivity contribution in [1.29, 1.82) is 0 Å². The van der Waals surface area contributed by atoms with E-state index in [-0.39, 0.29) is 5.92 Å². The Kier molecular flexibility index (Phi) is 4.24. The van der Waals surface area contributed by atoms with E-state index in [0.29, 0.717) is 19.3 Å².